The minimum atomic E-state index is -0.0000616. The Bertz CT molecular complexity index is 1100. The lowest BCUT2D eigenvalue weighted by molar-refractivity contribution is -0.133. The molecule has 5 nitrogen and oxygen atoms in total. The smallest absolute Gasteiger partial charge is 0.253 e. The summed E-state index contributed by atoms with van der Waals surface area (Å²) in [6, 6.07) is 24.4. The second-order valence-electron chi connectivity index (χ2n) is 9.60. The fourth-order valence-corrected chi connectivity index (χ4v) is 4.61. The number of carbonyl (C=O) groups excluding carboxylic acids is 2. The summed E-state index contributed by atoms with van der Waals surface area (Å²) in [7, 11) is 0. The summed E-state index contributed by atoms with van der Waals surface area (Å²) < 4.78 is 0. The van der Waals surface area contributed by atoms with E-state index in [1.54, 1.807) is 0 Å². The summed E-state index contributed by atoms with van der Waals surface area (Å²) in [5.41, 5.74) is 1.99. The molecule has 0 aromatic heterocycles. The molecule has 1 aliphatic rings. The van der Waals surface area contributed by atoms with Crippen LogP contribution in [0.5, 0.6) is 0 Å². The Labute approximate surface area is 203 Å². The fraction of sp³-hybridized carbons (Fsp3) is 0.379. The van der Waals surface area contributed by atoms with E-state index >= 15 is 0 Å². The number of piperazine rings is 1. The Morgan fingerprint density at radius 1 is 0.853 bits per heavy atom. The molecule has 178 valence electrons. The highest BCUT2D eigenvalue weighted by Crippen LogP contribution is 2.18. The van der Waals surface area contributed by atoms with Gasteiger partial charge in [0.25, 0.3) is 5.91 Å². The van der Waals surface area contributed by atoms with E-state index < -0.39 is 0 Å². The first kappa shape index (κ1) is 24.0. The lowest BCUT2D eigenvalue weighted by Crippen LogP contribution is -2.49. The summed E-state index contributed by atoms with van der Waals surface area (Å²) in [5.74, 6) is 0.473. The third kappa shape index (κ3) is 6.23. The first-order chi connectivity index (χ1) is 16.5. The molecule has 0 aliphatic carbocycles. The molecule has 1 fully saturated rings. The minimum Gasteiger partial charge on any atom is -0.340 e. The van der Waals surface area contributed by atoms with Gasteiger partial charge in [-0.05, 0) is 34.4 Å². The van der Waals surface area contributed by atoms with Gasteiger partial charge in [-0.15, -0.1) is 0 Å². The quantitative estimate of drug-likeness (QED) is 0.494. The first-order valence-corrected chi connectivity index (χ1v) is 12.3. The molecule has 3 aromatic carbocycles. The van der Waals surface area contributed by atoms with Crippen LogP contribution in [0.15, 0.2) is 72.8 Å². The largest absolute Gasteiger partial charge is 0.340 e. The molecule has 3 aromatic rings. The highest BCUT2D eigenvalue weighted by Gasteiger charge is 2.23. The van der Waals surface area contributed by atoms with Crippen LogP contribution in [-0.2, 0) is 11.3 Å². The number of carbonyl (C=O) groups is 2. The van der Waals surface area contributed by atoms with Crippen LogP contribution in [0.1, 0.15) is 36.2 Å². The molecule has 1 saturated heterocycles. The normalized spacial score (nSPS) is 14.5. The van der Waals surface area contributed by atoms with E-state index in [2.05, 4.69) is 43.0 Å². The summed E-state index contributed by atoms with van der Waals surface area (Å²) >= 11 is 0. The van der Waals surface area contributed by atoms with Crippen molar-refractivity contribution in [2.45, 2.75) is 26.8 Å². The van der Waals surface area contributed by atoms with Gasteiger partial charge in [0.15, 0.2) is 0 Å². The van der Waals surface area contributed by atoms with Crippen molar-refractivity contribution in [2.24, 2.45) is 5.92 Å². The van der Waals surface area contributed by atoms with E-state index in [0.29, 0.717) is 31.0 Å². The molecule has 2 amide bonds. The minimum absolute atomic E-state index is 0.0000616. The number of nitrogens with zero attached hydrogens (tertiary/aromatic N) is 3. The highest BCUT2D eigenvalue weighted by molar-refractivity contribution is 5.98. The van der Waals surface area contributed by atoms with Crippen molar-refractivity contribution in [1.29, 1.82) is 0 Å². The lowest BCUT2D eigenvalue weighted by Gasteiger charge is -2.35. The standard InChI is InChI=1S/C29H35N3O2/c1-23(2)21-32(29(34)27-13-12-25-10-6-7-11-26(25)20-27)15-14-28(33)31-18-16-30(17-19-31)22-24-8-4-3-5-9-24/h3-13,20,23H,14-19,21-22H2,1-2H3. The first-order valence-electron chi connectivity index (χ1n) is 12.3. The van der Waals surface area contributed by atoms with Crippen molar-refractivity contribution in [3.8, 4) is 0 Å². The van der Waals surface area contributed by atoms with E-state index in [1.165, 1.54) is 5.56 Å². The molecule has 4 rings (SSSR count). The number of benzene rings is 3. The summed E-state index contributed by atoms with van der Waals surface area (Å²) in [4.78, 5) is 32.5. The van der Waals surface area contributed by atoms with E-state index in [4.69, 9.17) is 0 Å². The van der Waals surface area contributed by atoms with Crippen molar-refractivity contribution in [3.63, 3.8) is 0 Å². The second-order valence-corrected chi connectivity index (χ2v) is 9.60. The molecular weight excluding hydrogens is 422 g/mol. The SMILES string of the molecule is CC(C)CN(CCC(=O)N1CCN(Cc2ccccc2)CC1)C(=O)c1ccc2ccccc2c1. The number of rotatable bonds is 8. The van der Waals surface area contributed by atoms with Crippen molar-refractivity contribution >= 4 is 22.6 Å². The Hall–Kier alpha value is -3.18. The lowest BCUT2D eigenvalue weighted by atomic mass is 10.1. The van der Waals surface area contributed by atoms with Crippen molar-refractivity contribution in [1.82, 2.24) is 14.7 Å². The molecule has 0 saturated carbocycles. The number of fused-ring (bicyclic) bond motifs is 1. The predicted octanol–water partition coefficient (Wildman–Crippen LogP) is 4.67. The Balaban J connectivity index is 1.32. The van der Waals surface area contributed by atoms with Gasteiger partial charge in [-0.3, -0.25) is 14.5 Å². The highest BCUT2D eigenvalue weighted by atomic mass is 16.2. The monoisotopic (exact) mass is 457 g/mol. The van der Waals surface area contributed by atoms with Crippen LogP contribution in [0, 0.1) is 5.92 Å². The zero-order valence-electron chi connectivity index (χ0n) is 20.3. The van der Waals surface area contributed by atoms with Gasteiger partial charge >= 0.3 is 0 Å². The van der Waals surface area contributed by atoms with Crippen LogP contribution < -0.4 is 0 Å². The molecule has 0 bridgehead atoms. The van der Waals surface area contributed by atoms with E-state index in [0.717, 1.165) is 43.5 Å². The van der Waals surface area contributed by atoms with Crippen molar-refractivity contribution < 1.29 is 9.59 Å². The molecule has 0 atom stereocenters. The molecule has 0 unspecified atom stereocenters. The molecule has 34 heavy (non-hydrogen) atoms. The molecular formula is C29H35N3O2. The van der Waals surface area contributed by atoms with Gasteiger partial charge in [-0.1, -0.05) is 74.5 Å². The van der Waals surface area contributed by atoms with Crippen LogP contribution >= 0.6 is 0 Å². The number of amides is 2. The van der Waals surface area contributed by atoms with E-state index in [9.17, 15) is 9.59 Å². The Morgan fingerprint density at radius 3 is 2.24 bits per heavy atom. The topological polar surface area (TPSA) is 43.9 Å². The van der Waals surface area contributed by atoms with Crippen LogP contribution in [0.4, 0.5) is 0 Å². The Morgan fingerprint density at radius 2 is 1.53 bits per heavy atom. The van der Waals surface area contributed by atoms with Gasteiger partial charge in [-0.25, -0.2) is 0 Å². The third-order valence-electron chi connectivity index (χ3n) is 6.44. The fourth-order valence-electron chi connectivity index (χ4n) is 4.61. The second kappa shape index (κ2) is 11.3. The van der Waals surface area contributed by atoms with Crippen LogP contribution in [0.2, 0.25) is 0 Å². The summed E-state index contributed by atoms with van der Waals surface area (Å²) in [5, 5.41) is 2.18. The van der Waals surface area contributed by atoms with Gasteiger partial charge in [-0.2, -0.15) is 0 Å². The number of hydrogen-bond donors (Lipinski definition) is 0. The third-order valence-corrected chi connectivity index (χ3v) is 6.44. The summed E-state index contributed by atoms with van der Waals surface area (Å²) in [6.07, 6.45) is 0.366. The predicted molar refractivity (Wildman–Crippen MR) is 138 cm³/mol. The summed E-state index contributed by atoms with van der Waals surface area (Å²) in [6.45, 7) is 9.48. The van der Waals surface area contributed by atoms with Crippen LogP contribution in [0.3, 0.4) is 0 Å². The maximum Gasteiger partial charge on any atom is 0.253 e. The molecule has 0 radical (unpaired) electrons. The average Bonchev–Trinajstić information content (AvgIpc) is 2.86. The van der Waals surface area contributed by atoms with Gasteiger partial charge in [0.2, 0.25) is 5.91 Å². The average molecular weight is 458 g/mol. The van der Waals surface area contributed by atoms with Crippen molar-refractivity contribution in [3.05, 3.63) is 83.9 Å². The molecule has 5 heteroatoms. The molecule has 0 spiro atoms. The van der Waals surface area contributed by atoms with E-state index in [1.807, 2.05) is 58.3 Å². The maximum atomic E-state index is 13.3. The molecule has 0 N–H and O–H groups in total. The zero-order valence-corrected chi connectivity index (χ0v) is 20.3. The Kier molecular flexibility index (Phi) is 7.96. The molecule has 1 aliphatic heterocycles. The van der Waals surface area contributed by atoms with Gasteiger partial charge in [0.1, 0.15) is 0 Å². The van der Waals surface area contributed by atoms with Crippen LogP contribution in [-0.4, -0.2) is 65.8 Å². The number of hydrogen-bond acceptors (Lipinski definition) is 3. The van der Waals surface area contributed by atoms with E-state index in [-0.39, 0.29) is 11.8 Å². The zero-order chi connectivity index (χ0) is 23.9. The van der Waals surface area contributed by atoms with Gasteiger partial charge < -0.3 is 9.80 Å². The molecule has 1 heterocycles. The van der Waals surface area contributed by atoms with Gasteiger partial charge in [0, 0.05) is 57.8 Å². The van der Waals surface area contributed by atoms with Crippen molar-refractivity contribution in [2.75, 3.05) is 39.3 Å². The maximum absolute atomic E-state index is 13.3. The van der Waals surface area contributed by atoms with Crippen LogP contribution in [0.25, 0.3) is 10.8 Å². The van der Waals surface area contributed by atoms with Gasteiger partial charge in [0.05, 0.1) is 0 Å².